The van der Waals surface area contributed by atoms with E-state index >= 15 is 0 Å². The molecule has 1 atom stereocenters. The van der Waals surface area contributed by atoms with Crippen LogP contribution in [0, 0.1) is 17.2 Å². The first-order valence-electron chi connectivity index (χ1n) is 3.90. The van der Waals surface area contributed by atoms with Crippen LogP contribution in [0.2, 0.25) is 0 Å². The molecule has 1 aliphatic heterocycles. The molecule has 0 radical (unpaired) electrons. The highest BCUT2D eigenvalue weighted by molar-refractivity contribution is 5.73. The summed E-state index contributed by atoms with van der Waals surface area (Å²) in [6.45, 7) is 5.18. The molecule has 0 aromatic rings. The molecule has 1 unspecified atom stereocenters. The molecule has 58 valence electrons. The summed E-state index contributed by atoms with van der Waals surface area (Å²) in [5, 5.41) is 7.20. The van der Waals surface area contributed by atoms with Gasteiger partial charge in [0.25, 0.3) is 0 Å². The molecule has 1 rings (SSSR count). The van der Waals surface area contributed by atoms with Crippen LogP contribution in [-0.4, -0.2) is 12.5 Å². The van der Waals surface area contributed by atoms with Gasteiger partial charge in [0.1, 0.15) is 0 Å². The zero-order chi connectivity index (χ0) is 7.56. The molecule has 0 amide bonds. The fourth-order valence-corrected chi connectivity index (χ4v) is 1.21. The van der Waals surface area contributed by atoms with E-state index in [-0.39, 0.29) is 0 Å². The number of nitrogens with one attached hydrogen (secondary N) is 1. The molecule has 0 aliphatic carbocycles. The maximum atomic E-state index is 7.20. The first-order valence-corrected chi connectivity index (χ1v) is 3.90. The van der Waals surface area contributed by atoms with E-state index in [1.807, 2.05) is 0 Å². The second-order valence-corrected chi connectivity index (χ2v) is 3.28. The Morgan fingerprint density at radius 1 is 1.60 bits per heavy atom. The fraction of sp³-hybridized carbons (Fsp3) is 0.875. The summed E-state index contributed by atoms with van der Waals surface area (Å²) in [5.74, 6) is 1.85. The predicted octanol–water partition coefficient (Wildman–Crippen LogP) is 2.05. The molecule has 1 N–H and O–H groups in total. The second kappa shape index (κ2) is 3.04. The van der Waals surface area contributed by atoms with Crippen molar-refractivity contribution in [3.8, 4) is 0 Å². The first kappa shape index (κ1) is 7.58. The van der Waals surface area contributed by atoms with Crippen molar-refractivity contribution in [1.29, 1.82) is 5.41 Å². The SMILES string of the molecule is CC(C)C1CCC(=N)OC1. The van der Waals surface area contributed by atoms with Gasteiger partial charge in [-0.25, -0.2) is 0 Å². The van der Waals surface area contributed by atoms with Gasteiger partial charge in [0.05, 0.1) is 6.61 Å². The van der Waals surface area contributed by atoms with E-state index < -0.39 is 0 Å². The molecule has 0 bridgehead atoms. The molecule has 10 heavy (non-hydrogen) atoms. The molecule has 2 nitrogen and oxygen atoms in total. The van der Waals surface area contributed by atoms with Crippen molar-refractivity contribution in [2.45, 2.75) is 26.7 Å². The van der Waals surface area contributed by atoms with E-state index in [4.69, 9.17) is 10.1 Å². The molecule has 0 saturated carbocycles. The van der Waals surface area contributed by atoms with Gasteiger partial charge in [0.15, 0.2) is 5.90 Å². The molecule has 0 aromatic heterocycles. The van der Waals surface area contributed by atoms with Gasteiger partial charge in [-0.2, -0.15) is 0 Å². The third-order valence-electron chi connectivity index (χ3n) is 2.16. The van der Waals surface area contributed by atoms with Crippen LogP contribution < -0.4 is 0 Å². The number of hydrogen-bond donors (Lipinski definition) is 1. The minimum atomic E-state index is 0.469. The maximum absolute atomic E-state index is 7.20. The van der Waals surface area contributed by atoms with Crippen LogP contribution in [0.5, 0.6) is 0 Å². The Balaban J connectivity index is 2.33. The average molecular weight is 141 g/mol. The summed E-state index contributed by atoms with van der Waals surface area (Å²) in [4.78, 5) is 0. The molecule has 2 heteroatoms. The lowest BCUT2D eigenvalue weighted by Crippen LogP contribution is -2.24. The monoisotopic (exact) mass is 141 g/mol. The zero-order valence-corrected chi connectivity index (χ0v) is 6.68. The van der Waals surface area contributed by atoms with Gasteiger partial charge in [-0.15, -0.1) is 0 Å². The van der Waals surface area contributed by atoms with E-state index in [2.05, 4.69) is 13.8 Å². The average Bonchev–Trinajstić information content (AvgIpc) is 1.88. The summed E-state index contributed by atoms with van der Waals surface area (Å²) >= 11 is 0. The van der Waals surface area contributed by atoms with Gasteiger partial charge in [0.2, 0.25) is 0 Å². The van der Waals surface area contributed by atoms with Gasteiger partial charge < -0.3 is 4.74 Å². The van der Waals surface area contributed by atoms with Gasteiger partial charge in [-0.1, -0.05) is 13.8 Å². The van der Waals surface area contributed by atoms with Crippen molar-refractivity contribution in [3.05, 3.63) is 0 Å². The molecular weight excluding hydrogens is 126 g/mol. The van der Waals surface area contributed by atoms with Crippen molar-refractivity contribution in [1.82, 2.24) is 0 Å². The highest BCUT2D eigenvalue weighted by Crippen LogP contribution is 2.21. The lowest BCUT2D eigenvalue weighted by atomic mass is 9.90. The van der Waals surface area contributed by atoms with Gasteiger partial charge >= 0.3 is 0 Å². The smallest absolute Gasteiger partial charge is 0.180 e. The largest absolute Gasteiger partial charge is 0.481 e. The molecule has 0 spiro atoms. The topological polar surface area (TPSA) is 33.1 Å². The zero-order valence-electron chi connectivity index (χ0n) is 6.68. The number of rotatable bonds is 1. The van der Waals surface area contributed by atoms with Crippen LogP contribution in [0.3, 0.4) is 0 Å². The quantitative estimate of drug-likeness (QED) is 0.595. The molecule has 1 heterocycles. The standard InChI is InChI=1S/C8H15NO/c1-6(2)7-3-4-8(9)10-5-7/h6-7,9H,3-5H2,1-2H3. The van der Waals surface area contributed by atoms with Crippen molar-refractivity contribution in [2.75, 3.05) is 6.61 Å². The van der Waals surface area contributed by atoms with Gasteiger partial charge in [-0.05, 0) is 18.3 Å². The van der Waals surface area contributed by atoms with Crippen molar-refractivity contribution >= 4 is 5.90 Å². The van der Waals surface area contributed by atoms with Crippen LogP contribution >= 0.6 is 0 Å². The summed E-state index contributed by atoms with van der Waals surface area (Å²) in [5.41, 5.74) is 0. The molecule has 1 saturated heterocycles. The first-order chi connectivity index (χ1) is 4.70. The van der Waals surface area contributed by atoms with Crippen LogP contribution in [0.1, 0.15) is 26.7 Å². The highest BCUT2D eigenvalue weighted by atomic mass is 16.5. The van der Waals surface area contributed by atoms with Gasteiger partial charge in [0, 0.05) is 6.42 Å². The highest BCUT2D eigenvalue weighted by Gasteiger charge is 2.19. The summed E-state index contributed by atoms with van der Waals surface area (Å²) in [7, 11) is 0. The normalized spacial score (nSPS) is 26.7. The van der Waals surface area contributed by atoms with Crippen molar-refractivity contribution < 1.29 is 4.74 Å². The Labute approximate surface area is 62.1 Å². The summed E-state index contributed by atoms with van der Waals surface area (Å²) in [6.07, 6.45) is 1.97. The van der Waals surface area contributed by atoms with E-state index in [0.29, 0.717) is 17.7 Å². The maximum Gasteiger partial charge on any atom is 0.180 e. The second-order valence-electron chi connectivity index (χ2n) is 3.28. The Hall–Kier alpha value is -0.530. The van der Waals surface area contributed by atoms with Crippen LogP contribution in [0.15, 0.2) is 0 Å². The third kappa shape index (κ3) is 1.72. The minimum absolute atomic E-state index is 0.469. The third-order valence-corrected chi connectivity index (χ3v) is 2.16. The fourth-order valence-electron chi connectivity index (χ4n) is 1.21. The molecule has 1 fully saturated rings. The number of hydrogen-bond acceptors (Lipinski definition) is 2. The summed E-state index contributed by atoms with van der Waals surface area (Å²) < 4.78 is 5.14. The van der Waals surface area contributed by atoms with Crippen LogP contribution in [0.4, 0.5) is 0 Å². The lowest BCUT2D eigenvalue weighted by molar-refractivity contribution is 0.157. The van der Waals surface area contributed by atoms with Crippen LogP contribution in [0.25, 0.3) is 0 Å². The van der Waals surface area contributed by atoms with E-state index in [1.165, 1.54) is 0 Å². The Bertz CT molecular complexity index is 121. The molecule has 0 aromatic carbocycles. The van der Waals surface area contributed by atoms with Crippen molar-refractivity contribution in [2.24, 2.45) is 11.8 Å². The van der Waals surface area contributed by atoms with Gasteiger partial charge in [-0.3, -0.25) is 5.41 Å². The van der Waals surface area contributed by atoms with E-state index in [9.17, 15) is 0 Å². The number of ether oxygens (including phenoxy) is 1. The lowest BCUT2D eigenvalue weighted by Gasteiger charge is -2.25. The Morgan fingerprint density at radius 2 is 2.30 bits per heavy atom. The van der Waals surface area contributed by atoms with Crippen LogP contribution in [-0.2, 0) is 4.74 Å². The summed E-state index contributed by atoms with van der Waals surface area (Å²) in [6, 6.07) is 0. The Kier molecular flexibility index (Phi) is 2.30. The minimum Gasteiger partial charge on any atom is -0.481 e. The Morgan fingerprint density at radius 3 is 2.70 bits per heavy atom. The molecular formula is C8H15NO. The van der Waals surface area contributed by atoms with E-state index in [1.54, 1.807) is 0 Å². The predicted molar refractivity (Wildman–Crippen MR) is 41.2 cm³/mol. The van der Waals surface area contributed by atoms with E-state index in [0.717, 1.165) is 19.4 Å². The molecule has 1 aliphatic rings. The van der Waals surface area contributed by atoms with Crippen molar-refractivity contribution in [3.63, 3.8) is 0 Å².